The molecular weight excluding hydrogens is 336 g/mol. The van der Waals surface area contributed by atoms with Crippen molar-refractivity contribution in [2.75, 3.05) is 40.0 Å². The number of hydrogen-bond acceptors (Lipinski definition) is 5. The number of hydrogen-bond donors (Lipinski definition) is 0. The van der Waals surface area contributed by atoms with Gasteiger partial charge >= 0.3 is 6.09 Å². The lowest BCUT2D eigenvalue weighted by molar-refractivity contribution is -0.134. The van der Waals surface area contributed by atoms with Gasteiger partial charge in [0, 0.05) is 43.6 Å². The van der Waals surface area contributed by atoms with Crippen molar-refractivity contribution in [3.63, 3.8) is 0 Å². The Kier molecular flexibility index (Phi) is 5.54. The molecule has 0 spiro atoms. The van der Waals surface area contributed by atoms with Gasteiger partial charge in [-0.2, -0.15) is 0 Å². The Labute approximate surface area is 153 Å². The molecule has 3 rings (SSSR count). The number of ether oxygens (including phenoxy) is 3. The lowest BCUT2D eigenvalue weighted by Crippen LogP contribution is -2.51. The first-order valence-corrected chi connectivity index (χ1v) is 9.10. The van der Waals surface area contributed by atoms with Crippen molar-refractivity contribution < 1.29 is 23.8 Å². The molecule has 2 aliphatic heterocycles. The molecule has 2 amide bonds. The van der Waals surface area contributed by atoms with E-state index in [1.165, 1.54) is 0 Å². The predicted molar refractivity (Wildman–Crippen MR) is 95.3 cm³/mol. The smallest absolute Gasteiger partial charge is 0.410 e. The van der Waals surface area contributed by atoms with Gasteiger partial charge in [-0.1, -0.05) is 0 Å². The van der Waals surface area contributed by atoms with Crippen molar-refractivity contribution in [3.05, 3.63) is 23.8 Å². The molecule has 0 aromatic heterocycles. The Bertz CT molecular complexity index is 678. The second-order valence-corrected chi connectivity index (χ2v) is 6.49. The van der Waals surface area contributed by atoms with Crippen LogP contribution in [0.25, 0.3) is 0 Å². The zero-order valence-electron chi connectivity index (χ0n) is 15.6. The minimum Gasteiger partial charge on any atom is -0.497 e. The van der Waals surface area contributed by atoms with Crippen LogP contribution in [0.3, 0.4) is 0 Å². The molecule has 2 atom stereocenters. The van der Waals surface area contributed by atoms with Gasteiger partial charge in [0.1, 0.15) is 11.5 Å². The molecule has 1 aromatic carbocycles. The molecule has 1 aromatic rings. The second kappa shape index (κ2) is 7.85. The van der Waals surface area contributed by atoms with Crippen molar-refractivity contribution in [3.8, 4) is 11.5 Å². The minimum atomic E-state index is -0.385. The monoisotopic (exact) mass is 362 g/mol. The fourth-order valence-electron chi connectivity index (χ4n) is 3.74. The van der Waals surface area contributed by atoms with Gasteiger partial charge in [0.05, 0.1) is 26.4 Å². The standard InChI is InChI=1S/C19H26N2O5/c1-4-20-11-13-12-26-16-10-14(24-3)6-7-15(16)18(13)21(9-8-17(20)22)19(23)25-5-2/h6-7,10,13,18H,4-5,8-9,11-12H2,1-3H3/t13-,18-/m0/s1. The first-order chi connectivity index (χ1) is 12.6. The second-order valence-electron chi connectivity index (χ2n) is 6.49. The summed E-state index contributed by atoms with van der Waals surface area (Å²) in [5.74, 6) is 1.47. The summed E-state index contributed by atoms with van der Waals surface area (Å²) in [6, 6.07) is 5.47. The number of benzene rings is 1. The van der Waals surface area contributed by atoms with Crippen LogP contribution in [-0.4, -0.2) is 61.8 Å². The van der Waals surface area contributed by atoms with E-state index in [4.69, 9.17) is 14.2 Å². The highest BCUT2D eigenvalue weighted by molar-refractivity contribution is 5.78. The molecule has 26 heavy (non-hydrogen) atoms. The third kappa shape index (κ3) is 3.43. The van der Waals surface area contributed by atoms with Crippen LogP contribution < -0.4 is 9.47 Å². The van der Waals surface area contributed by atoms with Crippen LogP contribution in [0.4, 0.5) is 4.79 Å². The molecule has 1 fully saturated rings. The summed E-state index contributed by atoms with van der Waals surface area (Å²) in [4.78, 5) is 28.6. The molecule has 0 N–H and O–H groups in total. The van der Waals surface area contributed by atoms with E-state index in [9.17, 15) is 9.59 Å². The third-order valence-corrected chi connectivity index (χ3v) is 5.03. The van der Waals surface area contributed by atoms with Crippen molar-refractivity contribution in [1.29, 1.82) is 0 Å². The van der Waals surface area contributed by atoms with Crippen LogP contribution in [0.15, 0.2) is 18.2 Å². The van der Waals surface area contributed by atoms with Gasteiger partial charge in [-0.3, -0.25) is 4.79 Å². The molecule has 0 radical (unpaired) electrons. The van der Waals surface area contributed by atoms with Gasteiger partial charge in [-0.15, -0.1) is 0 Å². The van der Waals surface area contributed by atoms with Gasteiger partial charge in [0.25, 0.3) is 0 Å². The van der Waals surface area contributed by atoms with Crippen LogP contribution in [0, 0.1) is 5.92 Å². The molecule has 7 nitrogen and oxygen atoms in total. The topological polar surface area (TPSA) is 68.3 Å². The molecule has 7 heteroatoms. The Hall–Kier alpha value is -2.44. The summed E-state index contributed by atoms with van der Waals surface area (Å²) < 4.78 is 16.5. The SMILES string of the molecule is CCOC(=O)N1CCC(=O)N(CC)C[C@H]2COc3cc(OC)ccc3[C@H]21. The van der Waals surface area contributed by atoms with E-state index in [-0.39, 0.29) is 24.0 Å². The van der Waals surface area contributed by atoms with Crippen LogP contribution >= 0.6 is 0 Å². The first-order valence-electron chi connectivity index (χ1n) is 9.10. The summed E-state index contributed by atoms with van der Waals surface area (Å²) in [5, 5.41) is 0. The fraction of sp³-hybridized carbons (Fsp3) is 0.579. The van der Waals surface area contributed by atoms with Crippen molar-refractivity contribution >= 4 is 12.0 Å². The first kappa shape index (κ1) is 18.4. The molecule has 2 heterocycles. The number of carbonyl (C=O) groups excluding carboxylic acids is 2. The number of fused-ring (bicyclic) bond motifs is 3. The molecule has 0 bridgehead atoms. The Morgan fingerprint density at radius 2 is 2.15 bits per heavy atom. The van der Waals surface area contributed by atoms with Crippen LogP contribution in [0.5, 0.6) is 11.5 Å². The maximum absolute atomic E-state index is 12.6. The summed E-state index contributed by atoms with van der Waals surface area (Å²) in [6.45, 7) is 6.03. The van der Waals surface area contributed by atoms with E-state index in [2.05, 4.69) is 0 Å². The van der Waals surface area contributed by atoms with E-state index in [1.807, 2.05) is 30.0 Å². The third-order valence-electron chi connectivity index (χ3n) is 5.03. The molecule has 1 saturated heterocycles. The van der Waals surface area contributed by atoms with E-state index >= 15 is 0 Å². The average Bonchev–Trinajstić information content (AvgIpc) is 2.65. The van der Waals surface area contributed by atoms with E-state index in [0.717, 1.165) is 11.3 Å². The summed E-state index contributed by atoms with van der Waals surface area (Å²) in [6.07, 6.45) is -0.0914. The number of carbonyl (C=O) groups is 2. The maximum atomic E-state index is 12.6. The normalized spacial score (nSPS) is 22.5. The molecule has 0 saturated carbocycles. The van der Waals surface area contributed by atoms with Crippen LogP contribution in [0.2, 0.25) is 0 Å². The van der Waals surface area contributed by atoms with Gasteiger partial charge in [-0.05, 0) is 26.0 Å². The summed E-state index contributed by atoms with van der Waals surface area (Å²) in [5.41, 5.74) is 0.931. The number of amides is 2. The summed E-state index contributed by atoms with van der Waals surface area (Å²) in [7, 11) is 1.61. The number of nitrogens with zero attached hydrogens (tertiary/aromatic N) is 2. The number of rotatable bonds is 3. The fourth-order valence-corrected chi connectivity index (χ4v) is 3.74. The minimum absolute atomic E-state index is 0.00972. The van der Waals surface area contributed by atoms with Gasteiger partial charge in [-0.25, -0.2) is 4.79 Å². The Morgan fingerprint density at radius 3 is 2.85 bits per heavy atom. The zero-order valence-corrected chi connectivity index (χ0v) is 15.6. The largest absolute Gasteiger partial charge is 0.497 e. The summed E-state index contributed by atoms with van der Waals surface area (Å²) >= 11 is 0. The van der Waals surface area contributed by atoms with E-state index in [0.29, 0.717) is 45.0 Å². The highest BCUT2D eigenvalue weighted by Gasteiger charge is 2.41. The zero-order chi connectivity index (χ0) is 18.7. The average molecular weight is 362 g/mol. The Balaban J connectivity index is 2.01. The molecule has 0 unspecified atom stereocenters. The highest BCUT2D eigenvalue weighted by Crippen LogP contribution is 2.42. The molecule has 142 valence electrons. The maximum Gasteiger partial charge on any atom is 0.410 e. The molecule has 2 aliphatic rings. The van der Waals surface area contributed by atoms with Crippen LogP contribution in [-0.2, 0) is 9.53 Å². The Morgan fingerprint density at radius 1 is 1.35 bits per heavy atom. The van der Waals surface area contributed by atoms with Crippen molar-refractivity contribution in [2.45, 2.75) is 26.3 Å². The van der Waals surface area contributed by atoms with Gasteiger partial charge < -0.3 is 24.0 Å². The quantitative estimate of drug-likeness (QED) is 0.826. The van der Waals surface area contributed by atoms with E-state index < -0.39 is 0 Å². The van der Waals surface area contributed by atoms with E-state index in [1.54, 1.807) is 18.9 Å². The molecule has 0 aliphatic carbocycles. The van der Waals surface area contributed by atoms with Gasteiger partial charge in [0.2, 0.25) is 5.91 Å². The number of methoxy groups -OCH3 is 1. The lowest BCUT2D eigenvalue weighted by Gasteiger charge is -2.43. The predicted octanol–water partition coefficient (Wildman–Crippen LogP) is 2.46. The molecular formula is C19H26N2O5. The van der Waals surface area contributed by atoms with Gasteiger partial charge in [0.15, 0.2) is 0 Å². The highest BCUT2D eigenvalue weighted by atomic mass is 16.6. The van der Waals surface area contributed by atoms with Crippen molar-refractivity contribution in [2.24, 2.45) is 5.92 Å². The van der Waals surface area contributed by atoms with Crippen molar-refractivity contribution in [1.82, 2.24) is 9.80 Å². The van der Waals surface area contributed by atoms with Crippen LogP contribution in [0.1, 0.15) is 31.9 Å². The lowest BCUT2D eigenvalue weighted by atomic mass is 9.87.